The number of hydrogen-bond donors (Lipinski definition) is 1. The van der Waals surface area contributed by atoms with Crippen LogP contribution in [0.1, 0.15) is 41.8 Å². The lowest BCUT2D eigenvalue weighted by Crippen LogP contribution is -2.18. The first-order valence-electron chi connectivity index (χ1n) is 5.76. The molecule has 0 aliphatic rings. The Morgan fingerprint density at radius 3 is 2.71 bits per heavy atom. The SMILES string of the molecule is CNC(=O)c1nc(C(C)C)n2c(C)cccc12. The smallest absolute Gasteiger partial charge is 0.271 e. The van der Waals surface area contributed by atoms with Crippen LogP contribution in [0.2, 0.25) is 0 Å². The molecule has 0 saturated carbocycles. The number of fused-ring (bicyclic) bond motifs is 1. The third-order valence-corrected chi connectivity index (χ3v) is 2.84. The largest absolute Gasteiger partial charge is 0.354 e. The fourth-order valence-corrected chi connectivity index (χ4v) is 2.00. The highest BCUT2D eigenvalue weighted by Gasteiger charge is 2.18. The molecule has 0 saturated heterocycles. The quantitative estimate of drug-likeness (QED) is 0.860. The van der Waals surface area contributed by atoms with Crippen molar-refractivity contribution in [2.75, 3.05) is 7.05 Å². The Labute approximate surface area is 101 Å². The van der Waals surface area contributed by atoms with E-state index in [0.717, 1.165) is 17.0 Å². The molecule has 4 heteroatoms. The minimum Gasteiger partial charge on any atom is -0.354 e. The lowest BCUT2D eigenvalue weighted by molar-refractivity contribution is 0.0960. The van der Waals surface area contributed by atoms with Crippen molar-refractivity contribution in [3.63, 3.8) is 0 Å². The van der Waals surface area contributed by atoms with Crippen molar-refractivity contribution >= 4 is 11.4 Å². The van der Waals surface area contributed by atoms with Crippen LogP contribution in [-0.4, -0.2) is 22.3 Å². The van der Waals surface area contributed by atoms with Crippen molar-refractivity contribution in [3.8, 4) is 0 Å². The second-order valence-corrected chi connectivity index (χ2v) is 4.44. The van der Waals surface area contributed by atoms with Gasteiger partial charge < -0.3 is 5.32 Å². The van der Waals surface area contributed by atoms with E-state index in [1.54, 1.807) is 7.05 Å². The summed E-state index contributed by atoms with van der Waals surface area (Å²) in [4.78, 5) is 16.3. The van der Waals surface area contributed by atoms with Crippen molar-refractivity contribution < 1.29 is 4.79 Å². The summed E-state index contributed by atoms with van der Waals surface area (Å²) in [5.74, 6) is 1.07. The van der Waals surface area contributed by atoms with E-state index in [-0.39, 0.29) is 11.8 Å². The normalized spacial score (nSPS) is 11.1. The van der Waals surface area contributed by atoms with Gasteiger partial charge in [-0.25, -0.2) is 4.98 Å². The number of nitrogens with one attached hydrogen (secondary N) is 1. The van der Waals surface area contributed by atoms with Gasteiger partial charge in [0.2, 0.25) is 0 Å². The molecule has 0 radical (unpaired) electrons. The van der Waals surface area contributed by atoms with Crippen LogP contribution in [0.3, 0.4) is 0 Å². The minimum atomic E-state index is -0.139. The Bertz CT molecular complexity index is 569. The zero-order valence-corrected chi connectivity index (χ0v) is 10.6. The van der Waals surface area contributed by atoms with Crippen LogP contribution in [0, 0.1) is 6.92 Å². The third-order valence-electron chi connectivity index (χ3n) is 2.84. The Morgan fingerprint density at radius 1 is 1.41 bits per heavy atom. The van der Waals surface area contributed by atoms with Gasteiger partial charge in [-0.05, 0) is 19.1 Å². The molecule has 0 bridgehead atoms. The summed E-state index contributed by atoms with van der Waals surface area (Å²) in [7, 11) is 1.62. The maximum absolute atomic E-state index is 11.8. The minimum absolute atomic E-state index is 0.139. The molecule has 2 aromatic heterocycles. The van der Waals surface area contributed by atoms with Gasteiger partial charge in [-0.3, -0.25) is 9.20 Å². The molecule has 2 heterocycles. The molecule has 2 rings (SSSR count). The maximum atomic E-state index is 11.8. The van der Waals surface area contributed by atoms with E-state index in [9.17, 15) is 4.79 Å². The van der Waals surface area contributed by atoms with E-state index < -0.39 is 0 Å². The number of rotatable bonds is 2. The van der Waals surface area contributed by atoms with E-state index in [0.29, 0.717) is 5.69 Å². The van der Waals surface area contributed by atoms with Gasteiger partial charge in [0.15, 0.2) is 5.69 Å². The summed E-state index contributed by atoms with van der Waals surface area (Å²) < 4.78 is 2.05. The van der Waals surface area contributed by atoms with Crippen molar-refractivity contribution in [3.05, 3.63) is 35.4 Å². The van der Waals surface area contributed by atoms with E-state index in [1.807, 2.05) is 25.1 Å². The number of nitrogens with zero attached hydrogens (tertiary/aromatic N) is 2. The standard InChI is InChI=1S/C13H17N3O/c1-8(2)12-15-11(13(17)14-4)10-7-5-6-9(3)16(10)12/h5-8H,1-4H3,(H,14,17). The first-order valence-corrected chi connectivity index (χ1v) is 5.76. The number of carbonyl (C=O) groups is 1. The van der Waals surface area contributed by atoms with Gasteiger partial charge in [0.25, 0.3) is 5.91 Å². The summed E-state index contributed by atoms with van der Waals surface area (Å²) in [6, 6.07) is 5.90. The molecule has 17 heavy (non-hydrogen) atoms. The van der Waals surface area contributed by atoms with E-state index in [1.165, 1.54) is 0 Å². The molecule has 1 amide bonds. The summed E-state index contributed by atoms with van der Waals surface area (Å²) in [6.45, 7) is 6.18. The second-order valence-electron chi connectivity index (χ2n) is 4.44. The molecule has 4 nitrogen and oxygen atoms in total. The lowest BCUT2D eigenvalue weighted by atomic mass is 10.2. The summed E-state index contributed by atoms with van der Waals surface area (Å²) in [5, 5.41) is 2.63. The predicted octanol–water partition coefficient (Wildman–Crippen LogP) is 2.13. The predicted molar refractivity (Wildman–Crippen MR) is 67.4 cm³/mol. The van der Waals surface area contributed by atoms with Crippen LogP contribution in [0.25, 0.3) is 5.52 Å². The van der Waals surface area contributed by atoms with E-state index in [2.05, 4.69) is 28.5 Å². The van der Waals surface area contributed by atoms with Crippen LogP contribution in [0.15, 0.2) is 18.2 Å². The van der Waals surface area contributed by atoms with Crippen molar-refractivity contribution in [2.45, 2.75) is 26.7 Å². The maximum Gasteiger partial charge on any atom is 0.271 e. The Hall–Kier alpha value is -1.84. The van der Waals surface area contributed by atoms with Crippen molar-refractivity contribution in [2.24, 2.45) is 0 Å². The second kappa shape index (κ2) is 4.20. The summed E-state index contributed by atoms with van der Waals surface area (Å²) in [5.41, 5.74) is 2.46. The van der Waals surface area contributed by atoms with Gasteiger partial charge in [0, 0.05) is 18.7 Å². The Kier molecular flexibility index (Phi) is 2.88. The molecule has 1 N–H and O–H groups in total. The van der Waals surface area contributed by atoms with Gasteiger partial charge in [-0.1, -0.05) is 19.9 Å². The van der Waals surface area contributed by atoms with Gasteiger partial charge >= 0.3 is 0 Å². The first kappa shape index (κ1) is 11.6. The molecule has 0 aromatic carbocycles. The van der Waals surface area contributed by atoms with Gasteiger partial charge in [0.1, 0.15) is 5.82 Å². The zero-order chi connectivity index (χ0) is 12.6. The number of hydrogen-bond acceptors (Lipinski definition) is 2. The molecule has 0 aliphatic carbocycles. The molecule has 0 aliphatic heterocycles. The highest BCUT2D eigenvalue weighted by atomic mass is 16.1. The monoisotopic (exact) mass is 231 g/mol. The van der Waals surface area contributed by atoms with E-state index in [4.69, 9.17) is 0 Å². The lowest BCUT2D eigenvalue weighted by Gasteiger charge is -2.06. The molecule has 0 unspecified atom stereocenters. The zero-order valence-electron chi connectivity index (χ0n) is 10.6. The number of pyridine rings is 1. The molecular formula is C13H17N3O. The Balaban J connectivity index is 2.80. The van der Waals surface area contributed by atoms with Gasteiger partial charge in [0.05, 0.1) is 5.52 Å². The van der Waals surface area contributed by atoms with Gasteiger partial charge in [-0.15, -0.1) is 0 Å². The van der Waals surface area contributed by atoms with Gasteiger partial charge in [-0.2, -0.15) is 0 Å². The van der Waals surface area contributed by atoms with Crippen LogP contribution in [0.5, 0.6) is 0 Å². The van der Waals surface area contributed by atoms with Crippen molar-refractivity contribution in [1.29, 1.82) is 0 Å². The number of imidazole rings is 1. The van der Waals surface area contributed by atoms with Crippen LogP contribution in [-0.2, 0) is 0 Å². The average Bonchev–Trinajstić information content (AvgIpc) is 2.69. The van der Waals surface area contributed by atoms with Crippen LogP contribution in [0.4, 0.5) is 0 Å². The fraction of sp³-hybridized carbons (Fsp3) is 0.385. The number of aromatic nitrogens is 2. The highest BCUT2D eigenvalue weighted by Crippen LogP contribution is 2.21. The molecular weight excluding hydrogens is 214 g/mol. The molecule has 90 valence electrons. The van der Waals surface area contributed by atoms with Crippen LogP contribution >= 0.6 is 0 Å². The topological polar surface area (TPSA) is 46.4 Å². The molecule has 2 aromatic rings. The average molecular weight is 231 g/mol. The number of carbonyl (C=O) groups excluding carboxylic acids is 1. The highest BCUT2D eigenvalue weighted by molar-refractivity contribution is 5.99. The summed E-state index contributed by atoms with van der Waals surface area (Å²) in [6.07, 6.45) is 0. The molecule has 0 spiro atoms. The Morgan fingerprint density at radius 2 is 2.12 bits per heavy atom. The van der Waals surface area contributed by atoms with E-state index >= 15 is 0 Å². The molecule has 0 fully saturated rings. The number of amides is 1. The fourth-order valence-electron chi connectivity index (χ4n) is 2.00. The van der Waals surface area contributed by atoms with Crippen LogP contribution < -0.4 is 5.32 Å². The summed E-state index contributed by atoms with van der Waals surface area (Å²) >= 11 is 0. The number of aryl methyl sites for hydroxylation is 1. The van der Waals surface area contributed by atoms with Crippen molar-refractivity contribution in [1.82, 2.24) is 14.7 Å². The third kappa shape index (κ3) is 1.79. The first-order chi connectivity index (χ1) is 8.06. The molecule has 0 atom stereocenters.